The zero-order valence-electron chi connectivity index (χ0n) is 13.1. The molecule has 5 heteroatoms. The van der Waals surface area contributed by atoms with Crippen LogP contribution in [0.25, 0.3) is 0 Å². The third kappa shape index (κ3) is 6.97. The van der Waals surface area contributed by atoms with Crippen LogP contribution in [-0.2, 0) is 15.9 Å². The second-order valence-electron chi connectivity index (χ2n) is 5.35. The Bertz CT molecular complexity index is 393. The number of benzene rings is 1. The predicted molar refractivity (Wildman–Crippen MR) is 89.1 cm³/mol. The summed E-state index contributed by atoms with van der Waals surface area (Å²) in [5.74, 6) is 1.42. The van der Waals surface area contributed by atoms with E-state index >= 15 is 0 Å². The quantitative estimate of drug-likeness (QED) is 0.488. The van der Waals surface area contributed by atoms with E-state index in [1.165, 1.54) is 12.0 Å². The summed E-state index contributed by atoms with van der Waals surface area (Å²) < 4.78 is 16.2. The van der Waals surface area contributed by atoms with E-state index in [9.17, 15) is 0 Å². The van der Waals surface area contributed by atoms with E-state index < -0.39 is 0 Å². The van der Waals surface area contributed by atoms with Crippen LogP contribution in [0.5, 0.6) is 5.75 Å². The predicted octanol–water partition coefficient (Wildman–Crippen LogP) is 2.59. The van der Waals surface area contributed by atoms with E-state index in [1.807, 2.05) is 12.1 Å². The molecule has 0 saturated carbocycles. The summed E-state index contributed by atoms with van der Waals surface area (Å²) in [5, 5.41) is 0. The lowest BCUT2D eigenvalue weighted by molar-refractivity contribution is 0.0374. The Morgan fingerprint density at radius 1 is 1.05 bits per heavy atom. The Morgan fingerprint density at radius 3 is 2.55 bits per heavy atom. The molecule has 0 unspecified atom stereocenters. The molecule has 4 nitrogen and oxygen atoms in total. The van der Waals surface area contributed by atoms with Crippen molar-refractivity contribution in [2.45, 2.75) is 12.8 Å². The smallest absolute Gasteiger partial charge is 0.119 e. The highest BCUT2D eigenvalue weighted by molar-refractivity contribution is 6.17. The topological polar surface area (TPSA) is 30.9 Å². The number of nitrogens with zero attached hydrogens (tertiary/aromatic N) is 1. The maximum atomic E-state index is 5.62. The molecule has 22 heavy (non-hydrogen) atoms. The van der Waals surface area contributed by atoms with Crippen molar-refractivity contribution < 1.29 is 14.2 Å². The van der Waals surface area contributed by atoms with Gasteiger partial charge in [0.15, 0.2) is 0 Å². The molecule has 0 bridgehead atoms. The number of halogens is 1. The Hall–Kier alpha value is -0.810. The molecule has 2 rings (SSSR count). The molecule has 0 spiro atoms. The van der Waals surface area contributed by atoms with Gasteiger partial charge in [0, 0.05) is 19.0 Å². The SMILES string of the molecule is ClCCOCCOc1ccc(CCCN2CCOCC2)cc1. The number of hydrogen-bond acceptors (Lipinski definition) is 4. The number of ether oxygens (including phenoxy) is 3. The minimum absolute atomic E-state index is 0.527. The normalized spacial score (nSPS) is 15.9. The Kier molecular flexibility index (Phi) is 8.64. The van der Waals surface area contributed by atoms with Gasteiger partial charge in [-0.25, -0.2) is 0 Å². The largest absolute Gasteiger partial charge is 0.491 e. The molecule has 0 amide bonds. The number of rotatable bonds is 10. The van der Waals surface area contributed by atoms with Gasteiger partial charge in [0.2, 0.25) is 0 Å². The van der Waals surface area contributed by atoms with Gasteiger partial charge >= 0.3 is 0 Å². The summed E-state index contributed by atoms with van der Waals surface area (Å²) in [6, 6.07) is 8.36. The standard InChI is InChI=1S/C17H26ClNO3/c18-7-11-20-14-15-22-17-5-3-16(4-6-17)2-1-8-19-9-12-21-13-10-19/h3-6H,1-2,7-15H2. The van der Waals surface area contributed by atoms with Gasteiger partial charge in [-0.3, -0.25) is 4.90 Å². The van der Waals surface area contributed by atoms with Crippen LogP contribution in [0.3, 0.4) is 0 Å². The molecular formula is C17H26ClNO3. The van der Waals surface area contributed by atoms with Gasteiger partial charge < -0.3 is 14.2 Å². The molecule has 1 heterocycles. The van der Waals surface area contributed by atoms with Crippen molar-refractivity contribution in [3.8, 4) is 5.75 Å². The van der Waals surface area contributed by atoms with Crippen molar-refractivity contribution in [3.63, 3.8) is 0 Å². The monoisotopic (exact) mass is 327 g/mol. The average molecular weight is 328 g/mol. The second-order valence-corrected chi connectivity index (χ2v) is 5.73. The fourth-order valence-corrected chi connectivity index (χ4v) is 2.57. The summed E-state index contributed by atoms with van der Waals surface area (Å²) >= 11 is 5.53. The van der Waals surface area contributed by atoms with Crippen LogP contribution >= 0.6 is 11.6 Å². The number of hydrogen-bond donors (Lipinski definition) is 0. The second kappa shape index (κ2) is 10.8. The first-order valence-corrected chi connectivity index (χ1v) is 8.57. The van der Waals surface area contributed by atoms with Gasteiger partial charge in [-0.05, 0) is 37.1 Å². The Morgan fingerprint density at radius 2 is 1.82 bits per heavy atom. The van der Waals surface area contributed by atoms with E-state index in [0.717, 1.165) is 45.0 Å². The summed E-state index contributed by atoms with van der Waals surface area (Å²) in [4.78, 5) is 2.47. The molecule has 1 aromatic carbocycles. The average Bonchev–Trinajstić information content (AvgIpc) is 2.57. The van der Waals surface area contributed by atoms with Crippen LogP contribution in [0.2, 0.25) is 0 Å². The first-order chi connectivity index (χ1) is 10.9. The fourth-order valence-electron chi connectivity index (χ4n) is 2.46. The van der Waals surface area contributed by atoms with E-state index in [-0.39, 0.29) is 0 Å². The summed E-state index contributed by atoms with van der Waals surface area (Å²) in [6.07, 6.45) is 2.29. The van der Waals surface area contributed by atoms with Gasteiger partial charge in [-0.15, -0.1) is 11.6 Å². The third-order valence-electron chi connectivity index (χ3n) is 3.68. The van der Waals surface area contributed by atoms with Crippen LogP contribution in [0.4, 0.5) is 0 Å². The van der Waals surface area contributed by atoms with Crippen LogP contribution in [-0.4, -0.2) is 63.4 Å². The zero-order chi connectivity index (χ0) is 15.5. The maximum Gasteiger partial charge on any atom is 0.119 e. The molecule has 0 atom stereocenters. The lowest BCUT2D eigenvalue weighted by Gasteiger charge is -2.26. The van der Waals surface area contributed by atoms with Crippen LogP contribution in [0.15, 0.2) is 24.3 Å². The van der Waals surface area contributed by atoms with Gasteiger partial charge in [0.25, 0.3) is 0 Å². The molecule has 0 aromatic heterocycles. The van der Waals surface area contributed by atoms with E-state index in [4.69, 9.17) is 25.8 Å². The van der Waals surface area contributed by atoms with Gasteiger partial charge in [0.1, 0.15) is 12.4 Å². The molecule has 1 aromatic rings. The van der Waals surface area contributed by atoms with E-state index in [2.05, 4.69) is 17.0 Å². The van der Waals surface area contributed by atoms with Gasteiger partial charge in [0.05, 0.1) is 26.4 Å². The fraction of sp³-hybridized carbons (Fsp3) is 0.647. The van der Waals surface area contributed by atoms with Crippen LogP contribution in [0.1, 0.15) is 12.0 Å². The maximum absolute atomic E-state index is 5.62. The Balaban J connectivity index is 1.59. The van der Waals surface area contributed by atoms with Gasteiger partial charge in [-0.1, -0.05) is 12.1 Å². The van der Waals surface area contributed by atoms with Gasteiger partial charge in [-0.2, -0.15) is 0 Å². The molecule has 1 aliphatic heterocycles. The van der Waals surface area contributed by atoms with Crippen LogP contribution < -0.4 is 4.74 Å². The lowest BCUT2D eigenvalue weighted by Crippen LogP contribution is -2.36. The number of morpholine rings is 1. The minimum atomic E-state index is 0.527. The highest BCUT2D eigenvalue weighted by Crippen LogP contribution is 2.13. The lowest BCUT2D eigenvalue weighted by atomic mass is 10.1. The number of alkyl halides is 1. The Labute approximate surface area is 138 Å². The summed E-state index contributed by atoms with van der Waals surface area (Å²) in [5.41, 5.74) is 1.36. The first-order valence-electron chi connectivity index (χ1n) is 8.04. The molecule has 124 valence electrons. The van der Waals surface area contributed by atoms with Crippen molar-refractivity contribution >= 4 is 11.6 Å². The number of aryl methyl sites for hydroxylation is 1. The van der Waals surface area contributed by atoms with Crippen molar-refractivity contribution in [3.05, 3.63) is 29.8 Å². The molecule has 0 radical (unpaired) electrons. The van der Waals surface area contributed by atoms with Crippen molar-refractivity contribution in [1.29, 1.82) is 0 Å². The molecular weight excluding hydrogens is 302 g/mol. The first kappa shape index (κ1) is 17.5. The van der Waals surface area contributed by atoms with E-state index in [1.54, 1.807) is 0 Å². The van der Waals surface area contributed by atoms with E-state index in [0.29, 0.717) is 25.7 Å². The van der Waals surface area contributed by atoms with Crippen LogP contribution in [0, 0.1) is 0 Å². The molecule has 1 aliphatic rings. The summed E-state index contributed by atoms with van der Waals surface area (Å²) in [7, 11) is 0. The molecule has 0 N–H and O–H groups in total. The highest BCUT2D eigenvalue weighted by Gasteiger charge is 2.09. The molecule has 0 aliphatic carbocycles. The molecule has 1 saturated heterocycles. The minimum Gasteiger partial charge on any atom is -0.491 e. The highest BCUT2D eigenvalue weighted by atomic mass is 35.5. The third-order valence-corrected chi connectivity index (χ3v) is 3.84. The van der Waals surface area contributed by atoms with Crippen molar-refractivity contribution in [2.75, 3.05) is 58.5 Å². The zero-order valence-corrected chi connectivity index (χ0v) is 13.9. The van der Waals surface area contributed by atoms with Crippen molar-refractivity contribution in [2.24, 2.45) is 0 Å². The molecule has 1 fully saturated rings. The van der Waals surface area contributed by atoms with Crippen molar-refractivity contribution in [1.82, 2.24) is 4.90 Å². The summed E-state index contributed by atoms with van der Waals surface area (Å²) in [6.45, 7) is 6.76.